The van der Waals surface area contributed by atoms with Gasteiger partial charge in [0.1, 0.15) is 0 Å². The highest BCUT2D eigenvalue weighted by Gasteiger charge is 2.10. The van der Waals surface area contributed by atoms with Crippen LogP contribution in [0, 0.1) is 0 Å². The molecule has 1 unspecified atom stereocenters. The largest absolute Gasteiger partial charge is 0.329 e. The maximum Gasteiger partial charge on any atom is 0.209 e. The predicted molar refractivity (Wildman–Crippen MR) is 47.8 cm³/mol. The van der Waals surface area contributed by atoms with E-state index in [0.717, 1.165) is 11.6 Å². The molecule has 0 aliphatic heterocycles. The summed E-state index contributed by atoms with van der Waals surface area (Å²) in [5, 5.41) is 12.4. The zero-order valence-corrected chi connectivity index (χ0v) is 8.08. The van der Waals surface area contributed by atoms with Crippen molar-refractivity contribution in [2.75, 3.05) is 6.54 Å². The maximum atomic E-state index is 5.55. The summed E-state index contributed by atoms with van der Waals surface area (Å²) in [7, 11) is 1.82. The minimum atomic E-state index is 0.412. The summed E-state index contributed by atoms with van der Waals surface area (Å²) < 4.78 is 1.66. The van der Waals surface area contributed by atoms with Crippen LogP contribution in [0.4, 0.5) is 0 Å². The lowest BCUT2D eigenvalue weighted by Gasteiger charge is -2.08. The molecular formula is C6H13N5S. The predicted octanol–water partition coefficient (Wildman–Crippen LogP) is 0.0395. The molecule has 1 aromatic heterocycles. The molecule has 0 aliphatic rings. The van der Waals surface area contributed by atoms with E-state index in [1.54, 1.807) is 16.4 Å². The van der Waals surface area contributed by atoms with Crippen LogP contribution in [-0.2, 0) is 7.05 Å². The molecule has 0 fully saturated rings. The molecular weight excluding hydrogens is 174 g/mol. The van der Waals surface area contributed by atoms with Crippen LogP contribution in [0.5, 0.6) is 0 Å². The van der Waals surface area contributed by atoms with Gasteiger partial charge in [0.05, 0.1) is 0 Å². The van der Waals surface area contributed by atoms with Crippen molar-refractivity contribution < 1.29 is 0 Å². The van der Waals surface area contributed by atoms with Gasteiger partial charge in [0.2, 0.25) is 5.16 Å². The van der Waals surface area contributed by atoms with Gasteiger partial charge in [0.25, 0.3) is 0 Å². The van der Waals surface area contributed by atoms with Crippen LogP contribution >= 0.6 is 11.8 Å². The molecule has 0 spiro atoms. The van der Waals surface area contributed by atoms with E-state index in [2.05, 4.69) is 22.4 Å². The van der Waals surface area contributed by atoms with Gasteiger partial charge >= 0.3 is 0 Å². The lowest BCUT2D eigenvalue weighted by Crippen LogP contribution is -2.16. The fourth-order valence-corrected chi connectivity index (χ4v) is 1.60. The standard InChI is InChI=1S/C6H13N5S/c1-3-5(4-7)12-6-8-9-10-11(6)2/h5H,3-4,7H2,1-2H3. The first-order valence-corrected chi connectivity index (χ1v) is 4.75. The molecule has 2 N–H and O–H groups in total. The molecule has 6 heteroatoms. The van der Waals surface area contributed by atoms with Gasteiger partial charge in [-0.05, 0) is 16.8 Å². The van der Waals surface area contributed by atoms with Crippen molar-refractivity contribution in [3.63, 3.8) is 0 Å². The van der Waals surface area contributed by atoms with Crippen molar-refractivity contribution in [2.24, 2.45) is 12.8 Å². The molecule has 0 aromatic carbocycles. The van der Waals surface area contributed by atoms with Crippen LogP contribution in [0.15, 0.2) is 5.16 Å². The molecule has 0 saturated carbocycles. The Hall–Kier alpha value is -0.620. The lowest BCUT2D eigenvalue weighted by molar-refractivity contribution is 0.662. The number of rotatable bonds is 4. The third kappa shape index (κ3) is 2.18. The monoisotopic (exact) mass is 187 g/mol. The first-order chi connectivity index (χ1) is 5.77. The first-order valence-electron chi connectivity index (χ1n) is 3.87. The minimum Gasteiger partial charge on any atom is -0.329 e. The second-order valence-electron chi connectivity index (χ2n) is 2.47. The number of aromatic nitrogens is 4. The topological polar surface area (TPSA) is 69.6 Å². The average molecular weight is 187 g/mol. The Labute approximate surface area is 75.7 Å². The number of thioether (sulfide) groups is 1. The van der Waals surface area contributed by atoms with Gasteiger partial charge in [-0.1, -0.05) is 18.7 Å². The van der Waals surface area contributed by atoms with Crippen molar-refractivity contribution in [3.8, 4) is 0 Å². The zero-order valence-electron chi connectivity index (χ0n) is 7.27. The Morgan fingerprint density at radius 1 is 1.67 bits per heavy atom. The van der Waals surface area contributed by atoms with Gasteiger partial charge in [-0.25, -0.2) is 4.68 Å². The van der Waals surface area contributed by atoms with Gasteiger partial charge in [-0.2, -0.15) is 0 Å². The summed E-state index contributed by atoms with van der Waals surface area (Å²) in [6.45, 7) is 2.77. The lowest BCUT2D eigenvalue weighted by atomic mass is 10.3. The molecule has 12 heavy (non-hydrogen) atoms. The zero-order chi connectivity index (χ0) is 8.97. The number of hydrogen-bond acceptors (Lipinski definition) is 5. The Kier molecular flexibility index (Phi) is 3.48. The summed E-state index contributed by atoms with van der Waals surface area (Å²) in [6.07, 6.45) is 1.04. The minimum absolute atomic E-state index is 0.412. The van der Waals surface area contributed by atoms with Crippen molar-refractivity contribution in [3.05, 3.63) is 0 Å². The molecule has 1 heterocycles. The molecule has 0 radical (unpaired) electrons. The molecule has 1 rings (SSSR count). The SMILES string of the molecule is CCC(CN)Sc1nnnn1C. The van der Waals surface area contributed by atoms with E-state index < -0.39 is 0 Å². The summed E-state index contributed by atoms with van der Waals surface area (Å²) >= 11 is 1.62. The average Bonchev–Trinajstić information content (AvgIpc) is 2.47. The third-order valence-corrected chi connectivity index (χ3v) is 2.99. The van der Waals surface area contributed by atoms with Crippen molar-refractivity contribution >= 4 is 11.8 Å². The van der Waals surface area contributed by atoms with Crippen LogP contribution in [0.2, 0.25) is 0 Å². The fraction of sp³-hybridized carbons (Fsp3) is 0.833. The summed E-state index contributed by atoms with van der Waals surface area (Å²) in [5.41, 5.74) is 5.55. The highest BCUT2D eigenvalue weighted by molar-refractivity contribution is 7.99. The third-order valence-electron chi connectivity index (χ3n) is 1.57. The molecule has 0 aliphatic carbocycles. The molecule has 68 valence electrons. The Morgan fingerprint density at radius 3 is 2.83 bits per heavy atom. The number of tetrazole rings is 1. The Balaban J connectivity index is 2.56. The van der Waals surface area contributed by atoms with Gasteiger partial charge in [-0.3, -0.25) is 0 Å². The van der Waals surface area contributed by atoms with E-state index in [0.29, 0.717) is 11.8 Å². The van der Waals surface area contributed by atoms with Crippen LogP contribution in [0.3, 0.4) is 0 Å². The molecule has 0 amide bonds. The molecule has 1 atom stereocenters. The quantitative estimate of drug-likeness (QED) is 0.674. The highest BCUT2D eigenvalue weighted by Crippen LogP contribution is 2.20. The molecule has 0 saturated heterocycles. The number of hydrogen-bond donors (Lipinski definition) is 1. The van der Waals surface area contributed by atoms with Gasteiger partial charge in [0, 0.05) is 18.8 Å². The van der Waals surface area contributed by atoms with E-state index in [4.69, 9.17) is 5.73 Å². The van der Waals surface area contributed by atoms with Crippen LogP contribution in [0.1, 0.15) is 13.3 Å². The smallest absolute Gasteiger partial charge is 0.209 e. The number of nitrogens with zero attached hydrogens (tertiary/aromatic N) is 4. The van der Waals surface area contributed by atoms with E-state index >= 15 is 0 Å². The van der Waals surface area contributed by atoms with Gasteiger partial charge in [0.15, 0.2) is 0 Å². The molecule has 0 bridgehead atoms. The Morgan fingerprint density at radius 2 is 2.42 bits per heavy atom. The fourth-order valence-electron chi connectivity index (χ4n) is 0.768. The van der Waals surface area contributed by atoms with Crippen LogP contribution < -0.4 is 5.73 Å². The molecule has 5 nitrogen and oxygen atoms in total. The summed E-state index contributed by atoms with van der Waals surface area (Å²) in [6, 6.07) is 0. The maximum absolute atomic E-state index is 5.55. The van der Waals surface area contributed by atoms with Crippen molar-refractivity contribution in [2.45, 2.75) is 23.8 Å². The normalized spacial score (nSPS) is 13.2. The highest BCUT2D eigenvalue weighted by atomic mass is 32.2. The number of aryl methyl sites for hydroxylation is 1. The van der Waals surface area contributed by atoms with Crippen LogP contribution in [-0.4, -0.2) is 32.0 Å². The van der Waals surface area contributed by atoms with Crippen molar-refractivity contribution in [1.29, 1.82) is 0 Å². The van der Waals surface area contributed by atoms with Gasteiger partial charge < -0.3 is 5.73 Å². The molecule has 1 aromatic rings. The summed E-state index contributed by atoms with van der Waals surface area (Å²) in [5.74, 6) is 0. The summed E-state index contributed by atoms with van der Waals surface area (Å²) in [4.78, 5) is 0. The van der Waals surface area contributed by atoms with E-state index in [9.17, 15) is 0 Å². The van der Waals surface area contributed by atoms with E-state index in [-0.39, 0.29) is 0 Å². The Bertz CT molecular complexity index is 232. The first kappa shape index (κ1) is 9.47. The van der Waals surface area contributed by atoms with Crippen LogP contribution in [0.25, 0.3) is 0 Å². The van der Waals surface area contributed by atoms with E-state index in [1.165, 1.54) is 0 Å². The second-order valence-corrected chi connectivity index (χ2v) is 3.74. The van der Waals surface area contributed by atoms with E-state index in [1.807, 2.05) is 7.05 Å². The number of nitrogens with two attached hydrogens (primary N) is 1. The van der Waals surface area contributed by atoms with Gasteiger partial charge in [-0.15, -0.1) is 5.10 Å². The van der Waals surface area contributed by atoms with Crippen molar-refractivity contribution in [1.82, 2.24) is 20.2 Å². The second kappa shape index (κ2) is 4.42.